The van der Waals surface area contributed by atoms with Crippen LogP contribution >= 0.6 is 34.4 Å². The van der Waals surface area contributed by atoms with Crippen LogP contribution in [0.1, 0.15) is 27.8 Å². The Morgan fingerprint density at radius 1 is 0.720 bits per heavy atom. The molecule has 0 saturated heterocycles. The largest absolute Gasteiger partial charge is 0.0898 e. The molecule has 0 atom stereocenters. The summed E-state index contributed by atoms with van der Waals surface area (Å²) in [5, 5.41) is 0. The zero-order valence-corrected chi connectivity index (χ0v) is 17.4. The number of hydrogen-bond donors (Lipinski definition) is 0. The fourth-order valence-corrected chi connectivity index (χ4v) is 5.18. The summed E-state index contributed by atoms with van der Waals surface area (Å²) in [4.78, 5) is 2.75. The molecule has 7 rings (SSSR count). The van der Waals surface area contributed by atoms with E-state index >= 15 is 0 Å². The van der Waals surface area contributed by atoms with Gasteiger partial charge in [0.2, 0.25) is 0 Å². The smallest absolute Gasteiger partial charge is 0.0165 e. The third-order valence-electron chi connectivity index (χ3n) is 4.86. The van der Waals surface area contributed by atoms with Gasteiger partial charge >= 0.3 is 0 Å². The van der Waals surface area contributed by atoms with Crippen LogP contribution in [-0.4, -0.2) is 0 Å². The van der Waals surface area contributed by atoms with Crippen LogP contribution in [0.4, 0.5) is 0 Å². The van der Waals surface area contributed by atoms with Crippen LogP contribution in [-0.2, 0) is 25.7 Å². The summed E-state index contributed by atoms with van der Waals surface area (Å²) in [5.41, 5.74) is 7.15. The molecular formula is C23H21IS. The Hall–Kier alpha value is -1.26. The average Bonchev–Trinajstić information content (AvgIpc) is 2.60. The Balaban J connectivity index is 1.68. The molecule has 0 fully saturated rings. The SMILES string of the molecule is Cc1ccc(Sc2cc3ccc2CCc2ccc(cc2I)CC3)cc1. The van der Waals surface area contributed by atoms with E-state index in [1.54, 1.807) is 0 Å². The highest BCUT2D eigenvalue weighted by atomic mass is 127. The van der Waals surface area contributed by atoms with Gasteiger partial charge < -0.3 is 0 Å². The number of benzene rings is 3. The molecule has 126 valence electrons. The van der Waals surface area contributed by atoms with Gasteiger partial charge in [0, 0.05) is 13.4 Å². The van der Waals surface area contributed by atoms with Crippen molar-refractivity contribution in [1.82, 2.24) is 0 Å². The van der Waals surface area contributed by atoms with Gasteiger partial charge in [-0.1, -0.05) is 53.7 Å². The maximum Gasteiger partial charge on any atom is 0.0165 e. The van der Waals surface area contributed by atoms with Gasteiger partial charge in [0.15, 0.2) is 0 Å². The van der Waals surface area contributed by atoms with Crippen LogP contribution in [0.3, 0.4) is 0 Å². The minimum atomic E-state index is 1.10. The summed E-state index contributed by atoms with van der Waals surface area (Å²) >= 11 is 4.41. The molecular weight excluding hydrogens is 435 g/mol. The third-order valence-corrected chi connectivity index (χ3v) is 6.98. The van der Waals surface area contributed by atoms with E-state index in [-0.39, 0.29) is 0 Å². The van der Waals surface area contributed by atoms with Crippen molar-refractivity contribution >= 4 is 34.4 Å². The monoisotopic (exact) mass is 456 g/mol. The Bertz CT molecular complexity index is 896. The van der Waals surface area contributed by atoms with Crippen molar-refractivity contribution in [3.05, 3.63) is 92.1 Å². The number of hydrogen-bond acceptors (Lipinski definition) is 1. The predicted octanol–water partition coefficient (Wildman–Crippen LogP) is 6.63. The van der Waals surface area contributed by atoms with E-state index in [2.05, 4.69) is 90.2 Å². The minimum Gasteiger partial charge on any atom is -0.0898 e. The van der Waals surface area contributed by atoms with Crippen molar-refractivity contribution in [1.29, 1.82) is 0 Å². The first-order valence-corrected chi connectivity index (χ1v) is 10.7. The van der Waals surface area contributed by atoms with Gasteiger partial charge in [0.1, 0.15) is 0 Å². The van der Waals surface area contributed by atoms with Crippen molar-refractivity contribution < 1.29 is 0 Å². The Kier molecular flexibility index (Phi) is 5.18. The van der Waals surface area contributed by atoms with Crippen LogP contribution in [0.25, 0.3) is 0 Å². The van der Waals surface area contributed by atoms with Crippen molar-refractivity contribution in [3.8, 4) is 0 Å². The van der Waals surface area contributed by atoms with Gasteiger partial charge in [-0.3, -0.25) is 0 Å². The van der Waals surface area contributed by atoms with Crippen LogP contribution in [0.2, 0.25) is 0 Å². The summed E-state index contributed by atoms with van der Waals surface area (Å²) in [5.74, 6) is 0. The second-order valence-corrected chi connectivity index (χ2v) is 9.06. The zero-order valence-electron chi connectivity index (χ0n) is 14.4. The van der Waals surface area contributed by atoms with E-state index in [1.165, 1.54) is 41.2 Å². The number of halogens is 1. The molecule has 0 heterocycles. The second-order valence-electron chi connectivity index (χ2n) is 6.78. The summed E-state index contributed by atoms with van der Waals surface area (Å²) in [6, 6.07) is 23.0. The molecule has 0 aliphatic heterocycles. The zero-order chi connectivity index (χ0) is 17.2. The molecule has 0 amide bonds. The van der Waals surface area contributed by atoms with Crippen molar-refractivity contribution in [2.24, 2.45) is 0 Å². The van der Waals surface area contributed by atoms with Gasteiger partial charge in [-0.05, 0) is 102 Å². The molecule has 2 heteroatoms. The topological polar surface area (TPSA) is 0 Å². The summed E-state index contributed by atoms with van der Waals surface area (Å²) in [7, 11) is 0. The quantitative estimate of drug-likeness (QED) is 0.390. The summed E-state index contributed by atoms with van der Waals surface area (Å²) in [6.07, 6.45) is 4.44. The maximum atomic E-state index is 2.50. The first-order valence-electron chi connectivity index (χ1n) is 8.81. The molecule has 0 N–H and O–H groups in total. The van der Waals surface area contributed by atoms with Crippen LogP contribution < -0.4 is 0 Å². The minimum absolute atomic E-state index is 1.10. The molecule has 0 saturated carbocycles. The summed E-state index contributed by atoms with van der Waals surface area (Å²) < 4.78 is 1.41. The van der Waals surface area contributed by atoms with Gasteiger partial charge in [0.05, 0.1) is 0 Å². The number of rotatable bonds is 2. The molecule has 25 heavy (non-hydrogen) atoms. The van der Waals surface area contributed by atoms with Crippen molar-refractivity contribution in [2.75, 3.05) is 0 Å². The Morgan fingerprint density at radius 2 is 1.36 bits per heavy atom. The Labute approximate surface area is 168 Å². The highest BCUT2D eigenvalue weighted by molar-refractivity contribution is 14.1. The van der Waals surface area contributed by atoms with E-state index in [4.69, 9.17) is 0 Å². The van der Waals surface area contributed by atoms with Gasteiger partial charge in [-0.15, -0.1) is 0 Å². The fourth-order valence-electron chi connectivity index (χ4n) is 3.30. The summed E-state index contributed by atoms with van der Waals surface area (Å²) in [6.45, 7) is 2.14. The van der Waals surface area contributed by atoms with Gasteiger partial charge in [-0.2, -0.15) is 0 Å². The lowest BCUT2D eigenvalue weighted by atomic mass is 9.97. The molecule has 0 nitrogen and oxygen atoms in total. The van der Waals surface area contributed by atoms with E-state index in [0.29, 0.717) is 0 Å². The van der Waals surface area contributed by atoms with Crippen LogP contribution in [0.5, 0.6) is 0 Å². The standard InChI is InChI=1S/C23H21IS/c1-16-2-12-21(13-3-16)25-23-15-18-5-4-17-6-8-19(22(24)14-17)10-11-20(23)9-7-18/h2-3,6-9,12-15H,4-5,10-11H2,1H3. The first-order chi connectivity index (χ1) is 12.2. The molecule has 3 aromatic carbocycles. The number of aryl methyl sites for hydroxylation is 5. The molecule has 0 radical (unpaired) electrons. The fraction of sp³-hybridized carbons (Fsp3) is 0.217. The van der Waals surface area contributed by atoms with E-state index in [1.807, 2.05) is 11.8 Å². The first kappa shape index (κ1) is 17.2. The highest BCUT2D eigenvalue weighted by Gasteiger charge is 2.11. The molecule has 0 aromatic heterocycles. The van der Waals surface area contributed by atoms with Crippen molar-refractivity contribution in [3.63, 3.8) is 0 Å². The van der Waals surface area contributed by atoms with Gasteiger partial charge in [-0.25, -0.2) is 0 Å². The molecule has 0 spiro atoms. The third kappa shape index (κ3) is 4.12. The lowest BCUT2D eigenvalue weighted by molar-refractivity contribution is 0.895. The molecule has 4 aliphatic rings. The predicted molar refractivity (Wildman–Crippen MR) is 116 cm³/mol. The average molecular weight is 456 g/mol. The van der Waals surface area contributed by atoms with Crippen molar-refractivity contribution in [2.45, 2.75) is 42.4 Å². The van der Waals surface area contributed by atoms with E-state index < -0.39 is 0 Å². The Morgan fingerprint density at radius 3 is 2.08 bits per heavy atom. The molecule has 3 aromatic rings. The highest BCUT2D eigenvalue weighted by Crippen LogP contribution is 2.33. The van der Waals surface area contributed by atoms with Gasteiger partial charge in [0.25, 0.3) is 0 Å². The second kappa shape index (κ2) is 7.55. The lowest BCUT2D eigenvalue weighted by Gasteiger charge is -2.15. The molecule has 4 bridgehead atoms. The molecule has 4 aliphatic carbocycles. The van der Waals surface area contributed by atoms with E-state index in [9.17, 15) is 0 Å². The van der Waals surface area contributed by atoms with E-state index in [0.717, 1.165) is 25.7 Å². The normalized spacial score (nSPS) is 13.5. The van der Waals surface area contributed by atoms with Crippen LogP contribution in [0.15, 0.2) is 70.5 Å². The lowest BCUT2D eigenvalue weighted by Crippen LogP contribution is -2.01. The maximum absolute atomic E-state index is 2.50. The van der Waals surface area contributed by atoms with Crippen LogP contribution in [0, 0.1) is 10.5 Å². The molecule has 0 unspecified atom stereocenters.